The topological polar surface area (TPSA) is 125 Å². The summed E-state index contributed by atoms with van der Waals surface area (Å²) in [5, 5.41) is 22.5. The summed E-state index contributed by atoms with van der Waals surface area (Å²) in [6.07, 6.45) is -1.83. The molecule has 0 aliphatic carbocycles. The van der Waals surface area contributed by atoms with Crippen LogP contribution in [-0.2, 0) is 10.3 Å². The second-order valence-electron chi connectivity index (χ2n) is 9.09. The maximum absolute atomic E-state index is 14.0. The number of nitrogens with zero attached hydrogens (tertiary/aromatic N) is 1. The van der Waals surface area contributed by atoms with Crippen LogP contribution in [0.15, 0.2) is 24.3 Å². The molecule has 0 radical (unpaired) electrons. The molecule has 2 aromatic rings. The molecule has 5 rings (SSSR count). The number of ketones is 1. The minimum atomic E-state index is -2.07. The SMILES string of the molecule is COc1cc(OCC(O)CN2CCOCC2)c2c(c1)O[C@@H]1COc3cc(OC)c(OC)cc3[C@]1(O)C2=O. The molecular formula is C26H31NO10. The minimum absolute atomic E-state index is 0.0563. The number of morpholine rings is 1. The van der Waals surface area contributed by atoms with Gasteiger partial charge in [-0.05, 0) is 6.07 Å². The number of aliphatic hydroxyl groups is 2. The standard InChI is InChI=1S/C26H31NO10/c1-31-16-8-21(35-13-15(28)12-27-4-6-34-7-5-27)24-22(9-16)37-23-14-36-18-11-20(33-3)19(32-2)10-17(18)26(23,30)25(24)29/h8-11,15,23,28,30H,4-7,12-14H2,1-3H3/t15?,23-,26-/m1/s1. The van der Waals surface area contributed by atoms with E-state index in [1.165, 1.54) is 27.4 Å². The smallest absolute Gasteiger partial charge is 0.210 e. The van der Waals surface area contributed by atoms with Crippen molar-refractivity contribution in [1.82, 2.24) is 4.90 Å². The van der Waals surface area contributed by atoms with Crippen molar-refractivity contribution in [3.63, 3.8) is 0 Å². The number of carbonyl (C=O) groups is 1. The summed E-state index contributed by atoms with van der Waals surface area (Å²) in [5.74, 6) is 1.14. The van der Waals surface area contributed by atoms with Crippen molar-refractivity contribution < 1.29 is 48.2 Å². The lowest BCUT2D eigenvalue weighted by Crippen LogP contribution is -2.57. The number of β-amino-alcohol motifs (C(OH)–C–C–N with tert-alkyl or cyclic N) is 1. The third-order valence-electron chi connectivity index (χ3n) is 6.87. The summed E-state index contributed by atoms with van der Waals surface area (Å²) < 4.78 is 39.3. The van der Waals surface area contributed by atoms with Crippen molar-refractivity contribution in [3.05, 3.63) is 35.4 Å². The number of ether oxygens (including phenoxy) is 7. The van der Waals surface area contributed by atoms with Crippen LogP contribution < -0.4 is 28.4 Å². The average Bonchev–Trinajstić information content (AvgIpc) is 2.92. The van der Waals surface area contributed by atoms with E-state index in [1.54, 1.807) is 18.2 Å². The summed E-state index contributed by atoms with van der Waals surface area (Å²) in [6, 6.07) is 6.19. The maximum atomic E-state index is 14.0. The summed E-state index contributed by atoms with van der Waals surface area (Å²) in [5.41, 5.74) is -1.81. The van der Waals surface area contributed by atoms with Gasteiger partial charge in [-0.15, -0.1) is 0 Å². The molecule has 0 amide bonds. The first-order chi connectivity index (χ1) is 17.9. The van der Waals surface area contributed by atoms with Crippen LogP contribution in [0.2, 0.25) is 0 Å². The fraction of sp³-hybridized carbons (Fsp3) is 0.500. The van der Waals surface area contributed by atoms with Gasteiger partial charge in [-0.1, -0.05) is 0 Å². The molecule has 1 unspecified atom stereocenters. The highest BCUT2D eigenvalue weighted by Crippen LogP contribution is 2.51. The molecule has 0 spiro atoms. The summed E-state index contributed by atoms with van der Waals surface area (Å²) in [4.78, 5) is 16.1. The molecular weight excluding hydrogens is 486 g/mol. The second-order valence-corrected chi connectivity index (χ2v) is 9.09. The molecule has 1 fully saturated rings. The zero-order chi connectivity index (χ0) is 26.2. The number of Topliss-reactive ketones (excluding diaryl/α,β-unsaturated/α-hetero) is 1. The van der Waals surface area contributed by atoms with Gasteiger partial charge < -0.3 is 43.4 Å². The molecule has 3 atom stereocenters. The second kappa shape index (κ2) is 10.3. The van der Waals surface area contributed by atoms with Crippen molar-refractivity contribution >= 4 is 5.78 Å². The zero-order valence-electron chi connectivity index (χ0n) is 21.0. The first-order valence-electron chi connectivity index (χ1n) is 12.0. The Bertz CT molecular complexity index is 1160. The molecule has 3 aliphatic heterocycles. The van der Waals surface area contributed by atoms with Crippen LogP contribution in [0.5, 0.6) is 34.5 Å². The van der Waals surface area contributed by atoms with E-state index in [2.05, 4.69) is 4.90 Å². The maximum Gasteiger partial charge on any atom is 0.210 e. The summed E-state index contributed by atoms with van der Waals surface area (Å²) in [6.45, 7) is 2.93. The molecule has 11 heteroatoms. The number of hydrogen-bond donors (Lipinski definition) is 2. The van der Waals surface area contributed by atoms with Gasteiger partial charge in [-0.2, -0.15) is 0 Å². The van der Waals surface area contributed by atoms with Crippen LogP contribution in [0.3, 0.4) is 0 Å². The van der Waals surface area contributed by atoms with Crippen molar-refractivity contribution in [2.24, 2.45) is 0 Å². The first kappa shape index (κ1) is 25.4. The predicted molar refractivity (Wildman–Crippen MR) is 129 cm³/mol. The normalized spacial score (nSPS) is 23.5. The third kappa shape index (κ3) is 4.52. The molecule has 37 heavy (non-hydrogen) atoms. The fourth-order valence-electron chi connectivity index (χ4n) is 4.90. The molecule has 3 heterocycles. The molecule has 200 valence electrons. The molecule has 11 nitrogen and oxygen atoms in total. The molecule has 3 aliphatic rings. The van der Waals surface area contributed by atoms with Crippen LogP contribution in [-0.4, -0.2) is 100 Å². The van der Waals surface area contributed by atoms with Gasteiger partial charge in [0.05, 0.1) is 34.5 Å². The summed E-state index contributed by atoms with van der Waals surface area (Å²) in [7, 11) is 4.43. The Morgan fingerprint density at radius 2 is 1.76 bits per heavy atom. The quantitative estimate of drug-likeness (QED) is 0.521. The Morgan fingerprint density at radius 3 is 2.46 bits per heavy atom. The van der Waals surface area contributed by atoms with E-state index in [-0.39, 0.29) is 41.6 Å². The van der Waals surface area contributed by atoms with Crippen LogP contribution in [0.1, 0.15) is 15.9 Å². The first-order valence-corrected chi connectivity index (χ1v) is 12.0. The fourth-order valence-corrected chi connectivity index (χ4v) is 4.90. The zero-order valence-corrected chi connectivity index (χ0v) is 21.0. The van der Waals surface area contributed by atoms with Gasteiger partial charge in [0.25, 0.3) is 0 Å². The Hall–Kier alpha value is -3.25. The number of carbonyl (C=O) groups excluding carboxylic acids is 1. The minimum Gasteiger partial charge on any atom is -0.496 e. The molecule has 0 bridgehead atoms. The van der Waals surface area contributed by atoms with Gasteiger partial charge >= 0.3 is 0 Å². The van der Waals surface area contributed by atoms with Crippen molar-refractivity contribution in [1.29, 1.82) is 0 Å². The molecule has 1 saturated heterocycles. The third-order valence-corrected chi connectivity index (χ3v) is 6.87. The Labute approximate surface area is 214 Å². The van der Waals surface area contributed by atoms with E-state index in [9.17, 15) is 15.0 Å². The largest absolute Gasteiger partial charge is 0.496 e. The van der Waals surface area contributed by atoms with E-state index in [0.717, 1.165) is 13.1 Å². The van der Waals surface area contributed by atoms with E-state index in [0.29, 0.717) is 37.0 Å². The van der Waals surface area contributed by atoms with Crippen LogP contribution in [0.4, 0.5) is 0 Å². The Kier molecular flexibility index (Phi) is 7.04. The van der Waals surface area contributed by atoms with E-state index in [4.69, 9.17) is 33.2 Å². The van der Waals surface area contributed by atoms with Gasteiger partial charge in [-0.25, -0.2) is 0 Å². The average molecular weight is 518 g/mol. The van der Waals surface area contributed by atoms with Crippen LogP contribution in [0.25, 0.3) is 0 Å². The van der Waals surface area contributed by atoms with Crippen molar-refractivity contribution in [2.45, 2.75) is 17.8 Å². The number of hydrogen-bond acceptors (Lipinski definition) is 11. The Balaban J connectivity index is 1.47. The number of methoxy groups -OCH3 is 3. The highest BCUT2D eigenvalue weighted by Gasteiger charge is 2.57. The van der Waals surface area contributed by atoms with Crippen LogP contribution in [0, 0.1) is 0 Å². The van der Waals surface area contributed by atoms with Crippen molar-refractivity contribution in [2.75, 3.05) is 67.4 Å². The number of aliphatic hydroxyl groups excluding tert-OH is 1. The monoisotopic (exact) mass is 517 g/mol. The Morgan fingerprint density at radius 1 is 1.03 bits per heavy atom. The number of fused-ring (bicyclic) bond motifs is 4. The molecule has 2 aromatic carbocycles. The van der Waals surface area contributed by atoms with Crippen LogP contribution >= 0.6 is 0 Å². The number of rotatable bonds is 8. The van der Waals surface area contributed by atoms with Crippen molar-refractivity contribution in [3.8, 4) is 34.5 Å². The summed E-state index contributed by atoms with van der Waals surface area (Å²) >= 11 is 0. The highest BCUT2D eigenvalue weighted by atomic mass is 16.6. The van der Waals surface area contributed by atoms with Gasteiger partial charge in [0, 0.05) is 43.4 Å². The highest BCUT2D eigenvalue weighted by molar-refractivity contribution is 6.09. The van der Waals surface area contributed by atoms with Gasteiger partial charge in [-0.3, -0.25) is 9.69 Å². The van der Waals surface area contributed by atoms with Gasteiger partial charge in [0.15, 0.2) is 23.2 Å². The molecule has 0 saturated carbocycles. The lowest BCUT2D eigenvalue weighted by Gasteiger charge is -2.43. The van der Waals surface area contributed by atoms with E-state index >= 15 is 0 Å². The van der Waals surface area contributed by atoms with E-state index in [1.807, 2.05) is 0 Å². The van der Waals surface area contributed by atoms with Gasteiger partial charge in [0.1, 0.15) is 47.9 Å². The lowest BCUT2D eigenvalue weighted by molar-refractivity contribution is -0.0804. The predicted octanol–water partition coefficient (Wildman–Crippen LogP) is 1.01. The lowest BCUT2D eigenvalue weighted by atomic mass is 9.77. The van der Waals surface area contributed by atoms with Gasteiger partial charge in [0.2, 0.25) is 5.78 Å². The number of benzene rings is 2. The molecule has 2 N–H and O–H groups in total. The van der Waals surface area contributed by atoms with E-state index < -0.39 is 23.6 Å². The molecule has 0 aromatic heterocycles.